The predicted octanol–water partition coefficient (Wildman–Crippen LogP) is 8.01. The van der Waals surface area contributed by atoms with Crippen LogP contribution in [-0.2, 0) is 0 Å². The van der Waals surface area contributed by atoms with Gasteiger partial charge in [0.05, 0.1) is 0 Å². The lowest BCUT2D eigenvalue weighted by Crippen LogP contribution is -2.03. The Kier molecular flexibility index (Phi) is 6.13. The summed E-state index contributed by atoms with van der Waals surface area (Å²) in [5.74, 6) is -0.134. The van der Waals surface area contributed by atoms with Gasteiger partial charge in [-0.15, -0.1) is 0 Å². The minimum atomic E-state index is -0.219. The number of benzene rings is 4. The summed E-state index contributed by atoms with van der Waals surface area (Å²) in [5.41, 5.74) is 9.54. The molecule has 0 fully saturated rings. The second kappa shape index (κ2) is 9.14. The Labute approximate surface area is 184 Å². The van der Waals surface area contributed by atoms with Crippen molar-refractivity contribution in [1.29, 1.82) is 0 Å². The van der Waals surface area contributed by atoms with E-state index in [2.05, 4.69) is 87.5 Å². The maximum atomic E-state index is 13.7. The predicted molar refractivity (Wildman–Crippen MR) is 129 cm³/mol. The van der Waals surface area contributed by atoms with Crippen LogP contribution in [0.2, 0.25) is 0 Å². The van der Waals surface area contributed by atoms with Gasteiger partial charge in [-0.05, 0) is 71.9 Å². The second-order valence-corrected chi connectivity index (χ2v) is 8.16. The smallest absolute Gasteiger partial charge is 0.123 e. The number of halogens is 1. The fraction of sp³-hybridized carbons (Fsp3) is 0.133. The van der Waals surface area contributed by atoms with E-state index in [9.17, 15) is 4.39 Å². The van der Waals surface area contributed by atoms with Gasteiger partial charge in [0.2, 0.25) is 0 Å². The van der Waals surface area contributed by atoms with E-state index in [-0.39, 0.29) is 11.7 Å². The summed E-state index contributed by atoms with van der Waals surface area (Å²) in [4.78, 5) is 0. The summed E-state index contributed by atoms with van der Waals surface area (Å²) in [5, 5.41) is 0. The zero-order chi connectivity index (χ0) is 21.8. The number of allylic oxidation sites excluding steroid dienone is 1. The minimum absolute atomic E-state index is 0.0857. The number of rotatable bonds is 5. The van der Waals surface area contributed by atoms with Gasteiger partial charge in [0.1, 0.15) is 5.82 Å². The van der Waals surface area contributed by atoms with Crippen LogP contribution in [0.4, 0.5) is 4.39 Å². The van der Waals surface area contributed by atoms with Crippen LogP contribution >= 0.6 is 0 Å². The zero-order valence-electron chi connectivity index (χ0n) is 18.3. The lowest BCUT2D eigenvalue weighted by Gasteiger charge is -2.20. The highest BCUT2D eigenvalue weighted by molar-refractivity contribution is 5.84. The van der Waals surface area contributed by atoms with E-state index < -0.39 is 0 Å². The Bertz CT molecular complexity index is 1120. The van der Waals surface area contributed by atoms with E-state index in [0.717, 1.165) is 11.1 Å². The summed E-state index contributed by atoms with van der Waals surface area (Å²) in [7, 11) is 0. The van der Waals surface area contributed by atoms with E-state index in [0.29, 0.717) is 0 Å². The number of hydrogen-bond donors (Lipinski definition) is 0. The molecule has 0 nitrogen and oxygen atoms in total. The van der Waals surface area contributed by atoms with Crippen LogP contribution in [0.3, 0.4) is 0 Å². The fourth-order valence-corrected chi connectivity index (χ4v) is 4.43. The first-order valence-corrected chi connectivity index (χ1v) is 10.7. The van der Waals surface area contributed by atoms with Crippen molar-refractivity contribution in [1.82, 2.24) is 0 Å². The molecule has 0 radical (unpaired) electrons. The molecule has 4 aromatic carbocycles. The van der Waals surface area contributed by atoms with E-state index in [1.165, 1.54) is 33.4 Å². The fourth-order valence-electron chi connectivity index (χ4n) is 4.43. The van der Waals surface area contributed by atoms with Gasteiger partial charge < -0.3 is 0 Å². The summed E-state index contributed by atoms with van der Waals surface area (Å²) < 4.78 is 13.7. The minimum Gasteiger partial charge on any atom is -0.207 e. The number of hydrogen-bond acceptors (Lipinski definition) is 0. The van der Waals surface area contributed by atoms with Crippen LogP contribution in [0.25, 0.3) is 5.57 Å². The molecule has 0 aliphatic rings. The van der Waals surface area contributed by atoms with Crippen molar-refractivity contribution in [3.8, 4) is 0 Å². The molecular formula is C30H27F. The molecule has 0 aromatic heterocycles. The lowest BCUT2D eigenvalue weighted by molar-refractivity contribution is 0.627. The molecule has 0 heterocycles. The molecule has 0 saturated carbocycles. The van der Waals surface area contributed by atoms with Crippen molar-refractivity contribution < 1.29 is 4.39 Å². The SMILES string of the molecule is Cc1cc(C)c(/C(=C\C(c2ccccc2)c2ccccc2)c2ccc(F)cc2)c(C)c1. The number of aryl methyl sites for hydroxylation is 3. The average Bonchev–Trinajstić information content (AvgIpc) is 2.77. The molecule has 154 valence electrons. The quantitative estimate of drug-likeness (QED) is 0.315. The molecule has 0 N–H and O–H groups in total. The van der Waals surface area contributed by atoms with Crippen LogP contribution in [0, 0.1) is 26.6 Å². The molecule has 0 saturated heterocycles. The van der Waals surface area contributed by atoms with Gasteiger partial charge in [0.25, 0.3) is 0 Å². The molecule has 31 heavy (non-hydrogen) atoms. The first kappa shape index (κ1) is 20.8. The Morgan fingerprint density at radius 2 is 1.16 bits per heavy atom. The van der Waals surface area contributed by atoms with Crippen LogP contribution in [0.1, 0.15) is 44.9 Å². The van der Waals surface area contributed by atoms with Gasteiger partial charge in [0, 0.05) is 5.92 Å². The molecule has 0 aliphatic heterocycles. The summed E-state index contributed by atoms with van der Waals surface area (Å²) in [6.45, 7) is 6.45. The highest BCUT2D eigenvalue weighted by Crippen LogP contribution is 2.35. The maximum absolute atomic E-state index is 13.7. The van der Waals surface area contributed by atoms with Crippen LogP contribution in [0.5, 0.6) is 0 Å². The Balaban J connectivity index is 1.98. The molecule has 4 aromatic rings. The van der Waals surface area contributed by atoms with E-state index in [1.54, 1.807) is 12.1 Å². The third-order valence-electron chi connectivity index (χ3n) is 5.75. The topological polar surface area (TPSA) is 0 Å². The molecule has 0 atom stereocenters. The molecule has 0 aliphatic carbocycles. The largest absolute Gasteiger partial charge is 0.207 e. The molecule has 0 amide bonds. The van der Waals surface area contributed by atoms with Gasteiger partial charge in [-0.2, -0.15) is 0 Å². The highest BCUT2D eigenvalue weighted by atomic mass is 19.1. The van der Waals surface area contributed by atoms with Gasteiger partial charge in [-0.25, -0.2) is 4.39 Å². The van der Waals surface area contributed by atoms with Gasteiger partial charge in [0.15, 0.2) is 0 Å². The van der Waals surface area contributed by atoms with Crippen molar-refractivity contribution >= 4 is 5.57 Å². The average molecular weight is 407 g/mol. The van der Waals surface area contributed by atoms with E-state index >= 15 is 0 Å². The standard InChI is InChI=1S/C30H27F/c1-21-18-22(2)30(23(3)19-21)29(26-14-16-27(31)17-15-26)20-28(24-10-6-4-7-11-24)25-12-8-5-9-13-25/h4-20,28H,1-3H3/b29-20-. The summed E-state index contributed by atoms with van der Waals surface area (Å²) in [6, 6.07) is 32.4. The molecule has 0 bridgehead atoms. The first-order valence-electron chi connectivity index (χ1n) is 10.7. The Morgan fingerprint density at radius 1 is 0.677 bits per heavy atom. The third-order valence-corrected chi connectivity index (χ3v) is 5.75. The van der Waals surface area contributed by atoms with Crippen LogP contribution in [-0.4, -0.2) is 0 Å². The maximum Gasteiger partial charge on any atom is 0.123 e. The normalized spacial score (nSPS) is 11.7. The highest BCUT2D eigenvalue weighted by Gasteiger charge is 2.17. The molecule has 4 rings (SSSR count). The van der Waals surface area contributed by atoms with Crippen molar-refractivity contribution in [2.24, 2.45) is 0 Å². The first-order chi connectivity index (χ1) is 15.0. The molecule has 1 heteroatoms. The van der Waals surface area contributed by atoms with E-state index in [4.69, 9.17) is 0 Å². The van der Waals surface area contributed by atoms with Gasteiger partial charge in [-0.1, -0.05) is 96.6 Å². The third kappa shape index (κ3) is 4.67. The van der Waals surface area contributed by atoms with Crippen molar-refractivity contribution in [2.45, 2.75) is 26.7 Å². The summed E-state index contributed by atoms with van der Waals surface area (Å²) in [6.07, 6.45) is 2.34. The van der Waals surface area contributed by atoms with Crippen LogP contribution < -0.4 is 0 Å². The monoisotopic (exact) mass is 406 g/mol. The van der Waals surface area contributed by atoms with Crippen molar-refractivity contribution in [3.05, 3.63) is 148 Å². The van der Waals surface area contributed by atoms with Crippen molar-refractivity contribution in [3.63, 3.8) is 0 Å². The van der Waals surface area contributed by atoms with Gasteiger partial charge >= 0.3 is 0 Å². The summed E-state index contributed by atoms with van der Waals surface area (Å²) >= 11 is 0. The van der Waals surface area contributed by atoms with E-state index in [1.807, 2.05) is 24.3 Å². The van der Waals surface area contributed by atoms with Gasteiger partial charge in [-0.3, -0.25) is 0 Å². The molecule has 0 spiro atoms. The Morgan fingerprint density at radius 3 is 1.65 bits per heavy atom. The Hall–Kier alpha value is -3.45. The zero-order valence-corrected chi connectivity index (χ0v) is 18.3. The molecule has 0 unspecified atom stereocenters. The second-order valence-electron chi connectivity index (χ2n) is 8.16. The molecular weight excluding hydrogens is 379 g/mol. The van der Waals surface area contributed by atoms with Crippen molar-refractivity contribution in [2.75, 3.05) is 0 Å². The lowest BCUT2D eigenvalue weighted by atomic mass is 9.83. The van der Waals surface area contributed by atoms with Crippen LogP contribution in [0.15, 0.2) is 103 Å².